The van der Waals surface area contributed by atoms with Gasteiger partial charge >= 0.3 is 0 Å². The van der Waals surface area contributed by atoms with Crippen LogP contribution in [0.15, 0.2) is 64.6 Å². The topological polar surface area (TPSA) is 50.5 Å². The van der Waals surface area contributed by atoms with Crippen LogP contribution in [0.1, 0.15) is 19.5 Å². The van der Waals surface area contributed by atoms with Crippen molar-refractivity contribution in [1.29, 1.82) is 0 Å². The predicted molar refractivity (Wildman–Crippen MR) is 83.0 cm³/mol. The van der Waals surface area contributed by atoms with Crippen molar-refractivity contribution < 1.29 is 0 Å². The molecule has 0 saturated carbocycles. The molecule has 0 aliphatic carbocycles. The molecule has 21 heavy (non-hydrogen) atoms. The van der Waals surface area contributed by atoms with Crippen molar-refractivity contribution in [2.45, 2.75) is 19.4 Å². The van der Waals surface area contributed by atoms with E-state index in [0.717, 1.165) is 33.2 Å². The minimum Gasteiger partial charge on any atom is -0.254 e. The molecule has 0 fully saturated rings. The summed E-state index contributed by atoms with van der Waals surface area (Å²) in [6.45, 7) is 3.98. The van der Waals surface area contributed by atoms with Crippen molar-refractivity contribution in [2.24, 2.45) is 10.2 Å². The molecule has 1 unspecified atom stereocenters. The van der Waals surface area contributed by atoms with Crippen molar-refractivity contribution in [3.8, 4) is 0 Å². The van der Waals surface area contributed by atoms with Crippen LogP contribution in [0.5, 0.6) is 0 Å². The van der Waals surface area contributed by atoms with Crippen LogP contribution in [0.25, 0.3) is 21.8 Å². The zero-order chi connectivity index (χ0) is 14.4. The van der Waals surface area contributed by atoms with E-state index in [1.165, 1.54) is 0 Å². The highest BCUT2D eigenvalue weighted by atomic mass is 15.2. The zero-order valence-corrected chi connectivity index (χ0v) is 11.9. The Morgan fingerprint density at radius 2 is 1.71 bits per heavy atom. The molecule has 0 saturated heterocycles. The lowest BCUT2D eigenvalue weighted by Gasteiger charge is -2.16. The highest BCUT2D eigenvalue weighted by Gasteiger charge is 2.29. The molecule has 0 N–H and O–H groups in total. The first-order valence-electron chi connectivity index (χ1n) is 6.93. The third-order valence-corrected chi connectivity index (χ3v) is 3.86. The fourth-order valence-corrected chi connectivity index (χ4v) is 2.78. The summed E-state index contributed by atoms with van der Waals surface area (Å²) in [5.74, 6) is 0. The smallest absolute Gasteiger partial charge is 0.141 e. The van der Waals surface area contributed by atoms with Crippen molar-refractivity contribution >= 4 is 21.8 Å². The van der Waals surface area contributed by atoms with E-state index in [0.29, 0.717) is 0 Å². The van der Waals surface area contributed by atoms with Gasteiger partial charge in [-0.2, -0.15) is 10.2 Å². The summed E-state index contributed by atoms with van der Waals surface area (Å²) in [5, 5.41) is 10.7. The number of rotatable bonds is 1. The van der Waals surface area contributed by atoms with Crippen LogP contribution in [-0.4, -0.2) is 9.97 Å². The molecule has 102 valence electrons. The minimum absolute atomic E-state index is 0.477. The Morgan fingerprint density at radius 3 is 2.48 bits per heavy atom. The number of hydrogen-bond acceptors (Lipinski definition) is 4. The van der Waals surface area contributed by atoms with Crippen LogP contribution in [-0.2, 0) is 5.54 Å². The molecule has 3 heterocycles. The number of aromatic nitrogens is 2. The summed E-state index contributed by atoms with van der Waals surface area (Å²) in [6, 6.07) is 12.2. The van der Waals surface area contributed by atoms with Crippen LogP contribution >= 0.6 is 0 Å². The minimum atomic E-state index is -0.477. The molecule has 0 amide bonds. The Kier molecular flexibility index (Phi) is 2.42. The second kappa shape index (κ2) is 4.19. The number of fused-ring (bicyclic) bond motifs is 3. The summed E-state index contributed by atoms with van der Waals surface area (Å²) in [5.41, 5.74) is 3.19. The number of azo groups is 1. The summed E-state index contributed by atoms with van der Waals surface area (Å²) < 4.78 is 0. The van der Waals surface area contributed by atoms with Gasteiger partial charge in [-0.3, -0.25) is 4.98 Å². The van der Waals surface area contributed by atoms with Crippen molar-refractivity contribution in [2.75, 3.05) is 0 Å². The lowest BCUT2D eigenvalue weighted by Crippen LogP contribution is -2.15. The number of allylic oxidation sites excluding steroid dienone is 1. The molecular formula is C17H14N4. The van der Waals surface area contributed by atoms with Crippen LogP contribution in [0.4, 0.5) is 0 Å². The molecule has 4 rings (SSSR count). The number of nitrogens with zero attached hydrogens (tertiary/aromatic N) is 4. The van der Waals surface area contributed by atoms with Gasteiger partial charge in [0.05, 0.1) is 22.4 Å². The number of hydrogen-bond donors (Lipinski definition) is 0. The molecule has 0 radical (unpaired) electrons. The third kappa shape index (κ3) is 1.83. The maximum absolute atomic E-state index is 4.83. The monoisotopic (exact) mass is 274 g/mol. The summed E-state index contributed by atoms with van der Waals surface area (Å²) in [4.78, 5) is 9.31. The average Bonchev–Trinajstić information content (AvgIpc) is 2.87. The van der Waals surface area contributed by atoms with Crippen LogP contribution in [0.3, 0.4) is 0 Å². The van der Waals surface area contributed by atoms with Gasteiger partial charge in [-0.15, -0.1) is 0 Å². The zero-order valence-electron chi connectivity index (χ0n) is 11.9. The molecule has 0 bridgehead atoms. The molecule has 1 aromatic carbocycles. The third-order valence-electron chi connectivity index (χ3n) is 3.86. The number of pyridine rings is 2. The SMILES string of the molecule is CC1=CC(C)(c2ccc3ccc4cccnc4c3n2)N=N1. The van der Waals surface area contributed by atoms with Crippen LogP contribution < -0.4 is 0 Å². The van der Waals surface area contributed by atoms with Gasteiger partial charge in [-0.1, -0.05) is 24.3 Å². The predicted octanol–water partition coefficient (Wildman–Crippen LogP) is 4.37. The second-order valence-electron chi connectivity index (χ2n) is 5.54. The van der Waals surface area contributed by atoms with Gasteiger partial charge in [0.15, 0.2) is 0 Å². The van der Waals surface area contributed by atoms with E-state index < -0.39 is 5.54 Å². The molecular weight excluding hydrogens is 260 g/mol. The molecule has 3 aromatic rings. The average molecular weight is 274 g/mol. The first kappa shape index (κ1) is 12.1. The molecule has 1 aliphatic heterocycles. The van der Waals surface area contributed by atoms with E-state index in [9.17, 15) is 0 Å². The Labute approximate surface area is 122 Å². The van der Waals surface area contributed by atoms with Gasteiger partial charge in [0.2, 0.25) is 0 Å². The standard InChI is InChI=1S/C17H14N4/c1-11-10-17(2,21-20-11)14-8-7-13-6-5-12-4-3-9-18-15(12)16(13)19-14/h3-10H,1-2H3. The summed E-state index contributed by atoms with van der Waals surface area (Å²) >= 11 is 0. The molecule has 4 nitrogen and oxygen atoms in total. The van der Waals surface area contributed by atoms with E-state index in [4.69, 9.17) is 4.98 Å². The highest BCUT2D eigenvalue weighted by molar-refractivity contribution is 6.02. The highest BCUT2D eigenvalue weighted by Crippen LogP contribution is 2.34. The first-order chi connectivity index (χ1) is 10.2. The van der Waals surface area contributed by atoms with Gasteiger partial charge < -0.3 is 0 Å². The summed E-state index contributed by atoms with van der Waals surface area (Å²) in [6.07, 6.45) is 3.84. The van der Waals surface area contributed by atoms with Crippen LogP contribution in [0, 0.1) is 0 Å². The molecule has 1 atom stereocenters. The Morgan fingerprint density at radius 1 is 0.952 bits per heavy atom. The maximum Gasteiger partial charge on any atom is 0.141 e. The summed E-state index contributed by atoms with van der Waals surface area (Å²) in [7, 11) is 0. The molecule has 2 aromatic heterocycles. The molecule has 1 aliphatic rings. The fraction of sp³-hybridized carbons (Fsp3) is 0.176. The second-order valence-corrected chi connectivity index (χ2v) is 5.54. The van der Waals surface area contributed by atoms with Gasteiger partial charge in [-0.25, -0.2) is 4.98 Å². The normalized spacial score (nSPS) is 21.1. The van der Waals surface area contributed by atoms with Gasteiger partial charge in [0.1, 0.15) is 5.54 Å². The maximum atomic E-state index is 4.83. The fourth-order valence-electron chi connectivity index (χ4n) is 2.78. The molecule has 0 spiro atoms. The lowest BCUT2D eigenvalue weighted by molar-refractivity contribution is 0.602. The van der Waals surface area contributed by atoms with Gasteiger partial charge in [0, 0.05) is 17.0 Å². The molecule has 4 heteroatoms. The van der Waals surface area contributed by atoms with E-state index in [1.54, 1.807) is 6.20 Å². The Bertz CT molecular complexity index is 926. The number of benzene rings is 1. The van der Waals surface area contributed by atoms with E-state index in [1.807, 2.05) is 32.1 Å². The Balaban J connectivity index is 2.01. The van der Waals surface area contributed by atoms with Crippen molar-refractivity contribution in [1.82, 2.24) is 9.97 Å². The van der Waals surface area contributed by atoms with E-state index in [2.05, 4.69) is 39.5 Å². The largest absolute Gasteiger partial charge is 0.254 e. The quantitative estimate of drug-likeness (QED) is 0.619. The first-order valence-corrected chi connectivity index (χ1v) is 6.93. The van der Waals surface area contributed by atoms with E-state index in [-0.39, 0.29) is 0 Å². The van der Waals surface area contributed by atoms with Crippen molar-refractivity contribution in [3.05, 3.63) is 60.1 Å². The van der Waals surface area contributed by atoms with Gasteiger partial charge in [0.25, 0.3) is 0 Å². The van der Waals surface area contributed by atoms with E-state index >= 15 is 0 Å². The lowest BCUT2D eigenvalue weighted by atomic mass is 9.97. The van der Waals surface area contributed by atoms with Crippen molar-refractivity contribution in [3.63, 3.8) is 0 Å². The van der Waals surface area contributed by atoms with Crippen LogP contribution in [0.2, 0.25) is 0 Å². The Hall–Kier alpha value is -2.62. The van der Waals surface area contributed by atoms with Gasteiger partial charge in [-0.05, 0) is 32.1 Å².